The lowest BCUT2D eigenvalue weighted by atomic mass is 10.1. The third kappa shape index (κ3) is 37.8. The Morgan fingerprint density at radius 3 is 1.18 bits per heavy atom. The van der Waals surface area contributed by atoms with Gasteiger partial charge in [-0.25, -0.2) is 9.59 Å². The molecule has 0 aliphatic carbocycles. The fourth-order valence-electron chi connectivity index (χ4n) is 5.98. The number of carboxylic acid groups (broad SMARTS) is 1. The van der Waals surface area contributed by atoms with Crippen molar-refractivity contribution < 1.29 is 33.8 Å². The molecule has 0 spiro atoms. The molecule has 0 fully saturated rings. The number of nitrogens with zero attached hydrogens (tertiary/aromatic N) is 4. The summed E-state index contributed by atoms with van der Waals surface area (Å²) < 4.78 is 4.48. The fourth-order valence-corrected chi connectivity index (χ4v) is 5.98. The topological polar surface area (TPSA) is 140 Å². The highest BCUT2D eigenvalue weighted by Crippen LogP contribution is 2.09. The van der Waals surface area contributed by atoms with Crippen molar-refractivity contribution >= 4 is 29.9 Å². The predicted octanol–water partition coefficient (Wildman–Crippen LogP) is 9.83. The lowest BCUT2D eigenvalue weighted by molar-refractivity contribution is -0.141. The Hall–Kier alpha value is -3.57. The summed E-state index contributed by atoms with van der Waals surface area (Å²) in [5.41, 5.74) is 0. The lowest BCUT2D eigenvalue weighted by Crippen LogP contribution is -2.39. The van der Waals surface area contributed by atoms with Gasteiger partial charge in [-0.1, -0.05) is 89.5 Å². The Morgan fingerprint density at radius 2 is 0.825 bits per heavy atom. The summed E-state index contributed by atoms with van der Waals surface area (Å²) in [6, 6.07) is 0.243. The summed E-state index contributed by atoms with van der Waals surface area (Å²) in [5, 5.41) is 11.1. The number of carboxylic acids is 1. The molecule has 5 amide bonds. The number of nitrogens with one attached hydrogen (secondary N) is 1. The largest absolute Gasteiger partial charge is 0.481 e. The molecule has 2 N–H and O–H groups in total. The molecule has 0 rings (SSSR count). The predicted molar refractivity (Wildman–Crippen MR) is 234 cm³/mol. The Kier molecular flexibility index (Phi) is 39.6. The monoisotopic (exact) mass is 808 g/mol. The number of urea groups is 2. The maximum Gasteiger partial charge on any atom is 0.325 e. The van der Waals surface area contributed by atoms with Crippen molar-refractivity contribution in [3.05, 3.63) is 24.3 Å². The first-order valence-electron chi connectivity index (χ1n) is 22.2. The van der Waals surface area contributed by atoms with Gasteiger partial charge in [-0.05, 0) is 89.9 Å². The van der Waals surface area contributed by atoms with Gasteiger partial charge in [0.15, 0.2) is 0 Å². The maximum absolute atomic E-state index is 12.3. The molecule has 0 aromatic rings. The zero-order valence-electron chi connectivity index (χ0n) is 37.5. The number of hydrogen-bond acceptors (Lipinski definition) is 6. The van der Waals surface area contributed by atoms with Crippen LogP contribution in [0.2, 0.25) is 0 Å². The van der Waals surface area contributed by atoms with Gasteiger partial charge in [0.1, 0.15) is 6.54 Å². The molecule has 57 heavy (non-hydrogen) atoms. The van der Waals surface area contributed by atoms with Crippen LogP contribution in [0.15, 0.2) is 24.3 Å². The van der Waals surface area contributed by atoms with Crippen LogP contribution in [-0.4, -0.2) is 123 Å². The first-order chi connectivity index (χ1) is 27.4. The average molecular weight is 808 g/mol. The number of aliphatic carboxylic acids is 1. The van der Waals surface area contributed by atoms with Gasteiger partial charge in [-0.3, -0.25) is 14.4 Å². The van der Waals surface area contributed by atoms with Crippen molar-refractivity contribution in [3.63, 3.8) is 0 Å². The van der Waals surface area contributed by atoms with Gasteiger partial charge in [0.2, 0.25) is 5.91 Å². The van der Waals surface area contributed by atoms with Crippen LogP contribution in [0, 0.1) is 0 Å². The highest BCUT2D eigenvalue weighted by molar-refractivity contribution is 5.81. The zero-order valence-corrected chi connectivity index (χ0v) is 37.5. The standard InChI is InChI=1S/C24H45N3O4.C21H40N2O3/c1-5-6-16-19-26(2)24(30)27(3)20-17-14-12-10-8-7-9-11-13-15-18-22(28)25-21-23(29)31-4;1-4-5-15-18-22(2)21(26)23(3)19-16-13-11-9-7-6-8-10-12-14-17-20(24)25/h8,10H,5-7,9,11-21H2,1-4H3,(H,25,28);7,9H,4-6,8,10-19H2,1-3H3,(H,24,25)/b10-8-;9-7-. The van der Waals surface area contributed by atoms with Crippen molar-refractivity contribution in [2.24, 2.45) is 0 Å². The van der Waals surface area contributed by atoms with E-state index in [-0.39, 0.29) is 24.5 Å². The SMILES string of the molecule is CCCCCN(C)C(=O)N(C)CCCC/C=C\CCCCCCC(=O)NCC(=O)OC.CCCCCN(C)C(=O)N(C)CCCC/C=C\CCCCCCC(=O)O. The molecule has 0 atom stereocenters. The van der Waals surface area contributed by atoms with Gasteiger partial charge in [0.25, 0.3) is 0 Å². The summed E-state index contributed by atoms with van der Waals surface area (Å²) in [6.45, 7) is 7.59. The van der Waals surface area contributed by atoms with Crippen LogP contribution in [0.25, 0.3) is 0 Å². The fraction of sp³-hybridized carbons (Fsp3) is 0.800. The third-order valence-electron chi connectivity index (χ3n) is 9.76. The Morgan fingerprint density at radius 1 is 0.491 bits per heavy atom. The summed E-state index contributed by atoms with van der Waals surface area (Å²) in [6.07, 6.45) is 33.2. The number of esters is 1. The van der Waals surface area contributed by atoms with Crippen molar-refractivity contribution in [1.82, 2.24) is 24.9 Å². The molecule has 0 radical (unpaired) electrons. The van der Waals surface area contributed by atoms with Crippen LogP contribution in [-0.2, 0) is 19.1 Å². The number of allylic oxidation sites excluding steroid dienone is 4. The number of amides is 5. The molecule has 0 aliphatic rings. The third-order valence-corrected chi connectivity index (χ3v) is 9.76. The summed E-state index contributed by atoms with van der Waals surface area (Å²) in [4.78, 5) is 64.6. The van der Waals surface area contributed by atoms with Gasteiger partial charge in [-0.15, -0.1) is 0 Å². The summed E-state index contributed by atoms with van der Waals surface area (Å²) in [5.74, 6) is -1.22. The average Bonchev–Trinajstić information content (AvgIpc) is 3.19. The quantitative estimate of drug-likeness (QED) is 0.0375. The van der Waals surface area contributed by atoms with Gasteiger partial charge in [0, 0.05) is 67.2 Å². The number of methoxy groups -OCH3 is 1. The maximum atomic E-state index is 12.3. The minimum absolute atomic E-state index is 0.0528. The summed E-state index contributed by atoms with van der Waals surface area (Å²) >= 11 is 0. The normalized spacial score (nSPS) is 10.9. The van der Waals surface area contributed by atoms with Gasteiger partial charge in [0.05, 0.1) is 7.11 Å². The van der Waals surface area contributed by atoms with E-state index >= 15 is 0 Å². The number of unbranched alkanes of at least 4 members (excludes halogenated alkanes) is 16. The van der Waals surface area contributed by atoms with Crippen LogP contribution in [0.1, 0.15) is 168 Å². The van der Waals surface area contributed by atoms with Crippen molar-refractivity contribution in [2.45, 2.75) is 168 Å². The smallest absolute Gasteiger partial charge is 0.325 e. The number of ether oxygens (including phenoxy) is 1. The zero-order chi connectivity index (χ0) is 42.9. The molecular formula is C45H85N5O7. The number of hydrogen-bond donors (Lipinski definition) is 2. The van der Waals surface area contributed by atoms with Crippen molar-refractivity contribution in [2.75, 3.05) is 68.0 Å². The van der Waals surface area contributed by atoms with E-state index < -0.39 is 11.9 Å². The van der Waals surface area contributed by atoms with Gasteiger partial charge >= 0.3 is 24.0 Å². The van der Waals surface area contributed by atoms with Crippen LogP contribution < -0.4 is 5.32 Å². The van der Waals surface area contributed by atoms with E-state index in [1.165, 1.54) is 32.8 Å². The molecule has 332 valence electrons. The van der Waals surface area contributed by atoms with E-state index in [1.54, 1.807) is 0 Å². The number of rotatable bonds is 34. The minimum atomic E-state index is -0.694. The first-order valence-corrected chi connectivity index (χ1v) is 22.2. The first kappa shape index (κ1) is 55.5. The molecule has 0 saturated heterocycles. The van der Waals surface area contributed by atoms with Crippen LogP contribution in [0.3, 0.4) is 0 Å². The second-order valence-corrected chi connectivity index (χ2v) is 15.3. The highest BCUT2D eigenvalue weighted by atomic mass is 16.5. The highest BCUT2D eigenvalue weighted by Gasteiger charge is 2.14. The number of carbonyl (C=O) groups excluding carboxylic acids is 4. The molecule has 0 saturated carbocycles. The van der Waals surface area contributed by atoms with Crippen molar-refractivity contribution in [1.29, 1.82) is 0 Å². The molecule has 0 bridgehead atoms. The van der Waals surface area contributed by atoms with E-state index in [4.69, 9.17) is 5.11 Å². The second kappa shape index (κ2) is 40.6. The molecule has 0 heterocycles. The molecule has 0 unspecified atom stereocenters. The van der Waals surface area contributed by atoms with Crippen LogP contribution in [0.5, 0.6) is 0 Å². The summed E-state index contributed by atoms with van der Waals surface area (Å²) in [7, 11) is 8.85. The van der Waals surface area contributed by atoms with Crippen LogP contribution in [0.4, 0.5) is 9.59 Å². The minimum Gasteiger partial charge on any atom is -0.481 e. The van der Waals surface area contributed by atoms with E-state index in [0.29, 0.717) is 12.8 Å². The van der Waals surface area contributed by atoms with E-state index in [9.17, 15) is 24.0 Å². The lowest BCUT2D eigenvalue weighted by Gasteiger charge is -2.24. The van der Waals surface area contributed by atoms with E-state index in [1.807, 2.05) is 47.8 Å². The number of carbonyl (C=O) groups is 5. The molecule has 12 nitrogen and oxygen atoms in total. The molecule has 12 heteroatoms. The van der Waals surface area contributed by atoms with E-state index in [2.05, 4.69) is 48.2 Å². The molecule has 0 aliphatic heterocycles. The Balaban J connectivity index is 0. The Bertz CT molecular complexity index is 1080. The van der Waals surface area contributed by atoms with Crippen molar-refractivity contribution in [3.8, 4) is 0 Å². The van der Waals surface area contributed by atoms with Gasteiger partial charge in [-0.2, -0.15) is 0 Å². The van der Waals surface area contributed by atoms with Crippen LogP contribution >= 0.6 is 0 Å². The molecule has 0 aromatic carbocycles. The second-order valence-electron chi connectivity index (χ2n) is 15.3. The molecular weight excluding hydrogens is 723 g/mol. The molecule has 0 aromatic heterocycles. The van der Waals surface area contributed by atoms with Gasteiger partial charge < -0.3 is 34.8 Å². The Labute approximate surface area is 348 Å². The van der Waals surface area contributed by atoms with E-state index in [0.717, 1.165) is 142 Å².